The summed E-state index contributed by atoms with van der Waals surface area (Å²) in [6.07, 6.45) is 1.76. The van der Waals surface area contributed by atoms with Crippen LogP contribution in [0.15, 0.2) is 59.2 Å². The first kappa shape index (κ1) is 15.4. The number of para-hydroxylation sites is 1. The molecule has 0 saturated heterocycles. The number of rotatable bonds is 5. The number of hydrogen-bond acceptors (Lipinski definition) is 5. The lowest BCUT2D eigenvalue weighted by Crippen LogP contribution is -2.05. The molecule has 2 N–H and O–H groups in total. The van der Waals surface area contributed by atoms with E-state index in [2.05, 4.69) is 41.5 Å². The molecule has 2 aromatic heterocycles. The van der Waals surface area contributed by atoms with E-state index in [0.29, 0.717) is 11.8 Å². The number of anilines is 3. The van der Waals surface area contributed by atoms with Crippen molar-refractivity contribution >= 4 is 33.4 Å². The molecule has 2 heterocycles. The van der Waals surface area contributed by atoms with E-state index in [1.807, 2.05) is 55.5 Å². The van der Waals surface area contributed by atoms with Crippen LogP contribution in [0.25, 0.3) is 11.4 Å². The number of hydrogen-bond donors (Lipinski definition) is 2. The third-order valence-electron chi connectivity index (χ3n) is 3.12. The maximum absolute atomic E-state index is 4.52. The van der Waals surface area contributed by atoms with Gasteiger partial charge in [0.25, 0.3) is 0 Å². The van der Waals surface area contributed by atoms with Gasteiger partial charge in [0.1, 0.15) is 5.82 Å². The highest BCUT2D eigenvalue weighted by Gasteiger charge is 2.08. The molecule has 0 bridgehead atoms. The van der Waals surface area contributed by atoms with Crippen molar-refractivity contribution in [3.63, 3.8) is 0 Å². The summed E-state index contributed by atoms with van der Waals surface area (Å²) in [5.41, 5.74) is 2.52. The molecule has 0 fully saturated rings. The van der Waals surface area contributed by atoms with Crippen LogP contribution in [0.3, 0.4) is 0 Å². The van der Waals surface area contributed by atoms with Crippen LogP contribution >= 0.6 is 15.9 Å². The summed E-state index contributed by atoms with van der Waals surface area (Å²) in [7, 11) is 0. The predicted molar refractivity (Wildman–Crippen MR) is 96.9 cm³/mol. The Labute approximate surface area is 143 Å². The second kappa shape index (κ2) is 7.19. The van der Waals surface area contributed by atoms with Gasteiger partial charge in [0, 0.05) is 23.3 Å². The van der Waals surface area contributed by atoms with Crippen molar-refractivity contribution in [2.45, 2.75) is 6.92 Å². The normalized spacial score (nSPS) is 10.3. The van der Waals surface area contributed by atoms with E-state index in [1.54, 1.807) is 6.20 Å². The zero-order chi connectivity index (χ0) is 16.1. The third-order valence-corrected chi connectivity index (χ3v) is 3.82. The molecule has 1 aromatic carbocycles. The molecule has 0 radical (unpaired) electrons. The summed E-state index contributed by atoms with van der Waals surface area (Å²) in [5, 5.41) is 6.47. The lowest BCUT2D eigenvalue weighted by Gasteiger charge is -2.11. The van der Waals surface area contributed by atoms with Crippen molar-refractivity contribution in [1.29, 1.82) is 0 Å². The van der Waals surface area contributed by atoms with Gasteiger partial charge in [-0.25, -0.2) is 4.98 Å². The molecule has 0 saturated carbocycles. The van der Waals surface area contributed by atoms with E-state index in [1.165, 1.54) is 0 Å². The summed E-state index contributed by atoms with van der Waals surface area (Å²) < 4.78 is 0.975. The van der Waals surface area contributed by atoms with Crippen molar-refractivity contribution in [3.8, 4) is 11.4 Å². The average Bonchev–Trinajstić information content (AvgIpc) is 2.58. The largest absolute Gasteiger partial charge is 0.354 e. The minimum atomic E-state index is 0.574. The standard InChI is InChI=1S/C17H16BrN5/c1-2-19-17-22-15(14-9-5-6-10-20-14)11-16(23-17)21-13-8-4-3-7-12(13)18/h3-11H,2H2,1H3,(H2,19,21,22,23). The Morgan fingerprint density at radius 3 is 2.57 bits per heavy atom. The van der Waals surface area contributed by atoms with Crippen molar-refractivity contribution in [2.75, 3.05) is 17.2 Å². The molecule has 0 aliphatic heterocycles. The van der Waals surface area contributed by atoms with E-state index in [-0.39, 0.29) is 0 Å². The van der Waals surface area contributed by atoms with Crippen molar-refractivity contribution in [1.82, 2.24) is 15.0 Å². The lowest BCUT2D eigenvalue weighted by molar-refractivity contribution is 1.08. The van der Waals surface area contributed by atoms with Gasteiger partial charge in [-0.3, -0.25) is 4.98 Å². The smallest absolute Gasteiger partial charge is 0.225 e. The minimum absolute atomic E-state index is 0.574. The van der Waals surface area contributed by atoms with Crippen LogP contribution in [0.4, 0.5) is 17.5 Å². The quantitative estimate of drug-likeness (QED) is 0.694. The summed E-state index contributed by atoms with van der Waals surface area (Å²) in [4.78, 5) is 13.4. The summed E-state index contributed by atoms with van der Waals surface area (Å²) in [5.74, 6) is 1.29. The minimum Gasteiger partial charge on any atom is -0.354 e. The van der Waals surface area contributed by atoms with Crippen LogP contribution in [-0.4, -0.2) is 21.5 Å². The van der Waals surface area contributed by atoms with Gasteiger partial charge in [0.2, 0.25) is 5.95 Å². The van der Waals surface area contributed by atoms with Crippen LogP contribution in [0.1, 0.15) is 6.92 Å². The van der Waals surface area contributed by atoms with E-state index in [0.717, 1.165) is 28.1 Å². The third kappa shape index (κ3) is 3.84. The van der Waals surface area contributed by atoms with Crippen molar-refractivity contribution < 1.29 is 0 Å². The Kier molecular flexibility index (Phi) is 4.83. The molecule has 6 heteroatoms. The van der Waals surface area contributed by atoms with Crippen LogP contribution in [0.2, 0.25) is 0 Å². The molecule has 0 unspecified atom stereocenters. The molecule has 0 amide bonds. The Hall–Kier alpha value is -2.47. The highest BCUT2D eigenvalue weighted by molar-refractivity contribution is 9.10. The molecule has 23 heavy (non-hydrogen) atoms. The summed E-state index contributed by atoms with van der Waals surface area (Å²) in [6, 6.07) is 15.6. The fourth-order valence-electron chi connectivity index (χ4n) is 2.09. The molecule has 0 atom stereocenters. The molecular weight excluding hydrogens is 354 g/mol. The van der Waals surface area contributed by atoms with Crippen LogP contribution < -0.4 is 10.6 Å². The summed E-state index contributed by atoms with van der Waals surface area (Å²) in [6.45, 7) is 2.76. The van der Waals surface area contributed by atoms with Gasteiger partial charge < -0.3 is 10.6 Å². The fraction of sp³-hybridized carbons (Fsp3) is 0.118. The number of benzene rings is 1. The monoisotopic (exact) mass is 369 g/mol. The van der Waals surface area contributed by atoms with E-state index in [4.69, 9.17) is 0 Å². The fourth-order valence-corrected chi connectivity index (χ4v) is 2.48. The molecule has 0 aliphatic rings. The first-order valence-corrected chi connectivity index (χ1v) is 8.11. The molecular formula is C17H16BrN5. The van der Waals surface area contributed by atoms with E-state index < -0.39 is 0 Å². The Morgan fingerprint density at radius 2 is 1.83 bits per heavy atom. The molecule has 5 nitrogen and oxygen atoms in total. The highest BCUT2D eigenvalue weighted by Crippen LogP contribution is 2.26. The van der Waals surface area contributed by atoms with Crippen LogP contribution in [0, 0.1) is 0 Å². The van der Waals surface area contributed by atoms with E-state index >= 15 is 0 Å². The van der Waals surface area contributed by atoms with Gasteiger partial charge in [-0.15, -0.1) is 0 Å². The SMILES string of the molecule is CCNc1nc(Nc2ccccc2Br)cc(-c2ccccn2)n1. The van der Waals surface area contributed by atoms with Crippen LogP contribution in [0.5, 0.6) is 0 Å². The van der Waals surface area contributed by atoms with Gasteiger partial charge in [-0.2, -0.15) is 4.98 Å². The Morgan fingerprint density at radius 1 is 1.00 bits per heavy atom. The van der Waals surface area contributed by atoms with Gasteiger partial charge in [0.15, 0.2) is 0 Å². The first-order valence-electron chi connectivity index (χ1n) is 7.32. The number of nitrogens with one attached hydrogen (secondary N) is 2. The number of aromatic nitrogens is 3. The summed E-state index contributed by atoms with van der Waals surface area (Å²) >= 11 is 3.53. The number of halogens is 1. The van der Waals surface area contributed by atoms with Gasteiger partial charge >= 0.3 is 0 Å². The highest BCUT2D eigenvalue weighted by atomic mass is 79.9. The second-order valence-corrected chi connectivity index (χ2v) is 5.67. The Bertz CT molecular complexity index is 792. The topological polar surface area (TPSA) is 62.7 Å². The van der Waals surface area contributed by atoms with Crippen molar-refractivity contribution in [3.05, 3.63) is 59.2 Å². The molecule has 3 rings (SSSR count). The first-order chi connectivity index (χ1) is 11.3. The average molecular weight is 370 g/mol. The number of nitrogens with zero attached hydrogens (tertiary/aromatic N) is 3. The van der Waals surface area contributed by atoms with Crippen molar-refractivity contribution in [2.24, 2.45) is 0 Å². The van der Waals surface area contributed by atoms with Crippen LogP contribution in [-0.2, 0) is 0 Å². The maximum atomic E-state index is 4.52. The zero-order valence-electron chi connectivity index (χ0n) is 12.6. The van der Waals surface area contributed by atoms with E-state index in [9.17, 15) is 0 Å². The lowest BCUT2D eigenvalue weighted by atomic mass is 10.2. The van der Waals surface area contributed by atoms with Gasteiger partial charge in [-0.1, -0.05) is 18.2 Å². The molecule has 0 aliphatic carbocycles. The molecule has 116 valence electrons. The molecule has 3 aromatic rings. The van der Waals surface area contributed by atoms with Gasteiger partial charge in [-0.05, 0) is 47.1 Å². The Balaban J connectivity index is 1.99. The zero-order valence-corrected chi connectivity index (χ0v) is 14.2. The maximum Gasteiger partial charge on any atom is 0.225 e. The second-order valence-electron chi connectivity index (χ2n) is 4.81. The predicted octanol–water partition coefficient (Wildman–Crippen LogP) is 4.48. The number of pyridine rings is 1. The van der Waals surface area contributed by atoms with Gasteiger partial charge in [0.05, 0.1) is 17.1 Å². The molecule has 0 spiro atoms.